The number of rotatable bonds is 10. The summed E-state index contributed by atoms with van der Waals surface area (Å²) in [5.74, 6) is -0.151. The predicted octanol–water partition coefficient (Wildman–Crippen LogP) is 5.35. The lowest BCUT2D eigenvalue weighted by molar-refractivity contribution is -0.147. The lowest BCUT2D eigenvalue weighted by Crippen LogP contribution is -2.21. The van der Waals surface area contributed by atoms with Gasteiger partial charge in [0.1, 0.15) is 5.65 Å². The largest absolute Gasteiger partial charge is 0.463 e. The standard InChI is InChI=1S/C24H28F3N3O2/c1-17(2)32-22(31)12-11-19(18-8-4-3-5-9-18)13-14-28-16-20-23(24(25,26)27)29-21-10-6-7-15-30(20)21/h3-10,15,17,19,28H,11-14,16H2,1-2H3. The van der Waals surface area contributed by atoms with Gasteiger partial charge in [0.2, 0.25) is 0 Å². The first kappa shape index (κ1) is 23.8. The van der Waals surface area contributed by atoms with Crippen LogP contribution in [0.4, 0.5) is 13.2 Å². The summed E-state index contributed by atoms with van der Waals surface area (Å²) in [6, 6.07) is 14.7. The molecule has 0 amide bonds. The highest BCUT2D eigenvalue weighted by Gasteiger charge is 2.37. The van der Waals surface area contributed by atoms with Crippen molar-refractivity contribution in [3.05, 3.63) is 71.7 Å². The second kappa shape index (κ2) is 10.6. The van der Waals surface area contributed by atoms with Crippen molar-refractivity contribution in [2.75, 3.05) is 6.54 Å². The molecule has 32 heavy (non-hydrogen) atoms. The summed E-state index contributed by atoms with van der Waals surface area (Å²) in [4.78, 5) is 15.7. The number of carbonyl (C=O) groups is 1. The zero-order valence-corrected chi connectivity index (χ0v) is 18.2. The van der Waals surface area contributed by atoms with Crippen molar-refractivity contribution in [1.82, 2.24) is 14.7 Å². The van der Waals surface area contributed by atoms with Gasteiger partial charge in [-0.05, 0) is 56.8 Å². The maximum atomic E-state index is 13.5. The highest BCUT2D eigenvalue weighted by Crippen LogP contribution is 2.32. The van der Waals surface area contributed by atoms with Crippen LogP contribution in [0.2, 0.25) is 0 Å². The highest BCUT2D eigenvalue weighted by atomic mass is 19.4. The molecule has 1 atom stereocenters. The Morgan fingerprint density at radius 3 is 2.50 bits per heavy atom. The van der Waals surface area contributed by atoms with Crippen molar-refractivity contribution < 1.29 is 22.7 Å². The summed E-state index contributed by atoms with van der Waals surface area (Å²) < 4.78 is 47.1. The fourth-order valence-corrected chi connectivity index (χ4v) is 3.74. The Labute approximate surface area is 185 Å². The van der Waals surface area contributed by atoms with Crippen molar-refractivity contribution in [3.63, 3.8) is 0 Å². The molecular formula is C24H28F3N3O2. The zero-order chi connectivity index (χ0) is 23.1. The number of esters is 1. The third-order valence-electron chi connectivity index (χ3n) is 5.19. The number of benzene rings is 1. The number of hydrogen-bond acceptors (Lipinski definition) is 4. The molecule has 172 valence electrons. The van der Waals surface area contributed by atoms with E-state index in [9.17, 15) is 18.0 Å². The number of hydrogen-bond donors (Lipinski definition) is 1. The van der Waals surface area contributed by atoms with Gasteiger partial charge in [-0.1, -0.05) is 36.4 Å². The van der Waals surface area contributed by atoms with E-state index in [1.54, 1.807) is 24.4 Å². The second-order valence-electron chi connectivity index (χ2n) is 7.98. The minimum Gasteiger partial charge on any atom is -0.463 e. The fraction of sp³-hybridized carbons (Fsp3) is 0.417. The van der Waals surface area contributed by atoms with E-state index in [2.05, 4.69) is 10.3 Å². The Morgan fingerprint density at radius 2 is 1.81 bits per heavy atom. The summed E-state index contributed by atoms with van der Waals surface area (Å²) in [6.45, 7) is 4.16. The van der Waals surface area contributed by atoms with Crippen LogP contribution >= 0.6 is 0 Å². The molecule has 0 bridgehead atoms. The van der Waals surface area contributed by atoms with Gasteiger partial charge in [0.15, 0.2) is 5.69 Å². The molecule has 1 unspecified atom stereocenters. The molecule has 0 saturated carbocycles. The summed E-state index contributed by atoms with van der Waals surface area (Å²) in [5.41, 5.74) is 0.581. The lowest BCUT2D eigenvalue weighted by Gasteiger charge is -2.18. The Morgan fingerprint density at radius 1 is 1.09 bits per heavy atom. The van der Waals surface area contributed by atoms with Crippen LogP contribution in [0.25, 0.3) is 5.65 Å². The van der Waals surface area contributed by atoms with Crippen LogP contribution in [0.5, 0.6) is 0 Å². The van der Waals surface area contributed by atoms with E-state index in [0.29, 0.717) is 25.8 Å². The van der Waals surface area contributed by atoms with Crippen LogP contribution < -0.4 is 5.32 Å². The second-order valence-corrected chi connectivity index (χ2v) is 7.98. The van der Waals surface area contributed by atoms with Gasteiger partial charge in [0.25, 0.3) is 0 Å². The van der Waals surface area contributed by atoms with Gasteiger partial charge in [0, 0.05) is 19.2 Å². The first-order chi connectivity index (χ1) is 15.3. The number of nitrogens with one attached hydrogen (secondary N) is 1. The zero-order valence-electron chi connectivity index (χ0n) is 18.2. The lowest BCUT2D eigenvalue weighted by atomic mass is 9.91. The molecule has 2 heterocycles. The number of alkyl halides is 3. The molecule has 1 aromatic carbocycles. The number of halogens is 3. The Bertz CT molecular complexity index is 1020. The molecule has 2 aromatic heterocycles. The molecule has 0 radical (unpaired) electrons. The van der Waals surface area contributed by atoms with Gasteiger partial charge in [-0.25, -0.2) is 4.98 Å². The van der Waals surface area contributed by atoms with Gasteiger partial charge < -0.3 is 14.5 Å². The van der Waals surface area contributed by atoms with Gasteiger partial charge in [-0.15, -0.1) is 0 Å². The van der Waals surface area contributed by atoms with Gasteiger partial charge in [0.05, 0.1) is 11.8 Å². The monoisotopic (exact) mass is 447 g/mol. The highest BCUT2D eigenvalue weighted by molar-refractivity contribution is 5.69. The molecular weight excluding hydrogens is 419 g/mol. The molecule has 8 heteroatoms. The summed E-state index contributed by atoms with van der Waals surface area (Å²) in [7, 11) is 0. The van der Waals surface area contributed by atoms with Crippen LogP contribution in [0, 0.1) is 0 Å². The third-order valence-corrected chi connectivity index (χ3v) is 5.19. The van der Waals surface area contributed by atoms with Crippen LogP contribution in [0.3, 0.4) is 0 Å². The predicted molar refractivity (Wildman–Crippen MR) is 116 cm³/mol. The van der Waals surface area contributed by atoms with E-state index in [0.717, 1.165) is 5.56 Å². The van der Waals surface area contributed by atoms with E-state index >= 15 is 0 Å². The number of fused-ring (bicyclic) bond motifs is 1. The minimum atomic E-state index is -4.52. The first-order valence-electron chi connectivity index (χ1n) is 10.7. The molecule has 1 N–H and O–H groups in total. The van der Waals surface area contributed by atoms with Crippen molar-refractivity contribution in [2.24, 2.45) is 0 Å². The minimum absolute atomic E-state index is 0.0386. The molecule has 0 saturated heterocycles. The summed E-state index contributed by atoms with van der Waals surface area (Å²) >= 11 is 0. The average Bonchev–Trinajstić information content (AvgIpc) is 3.12. The van der Waals surface area contributed by atoms with E-state index in [4.69, 9.17) is 4.74 Å². The van der Waals surface area contributed by atoms with E-state index < -0.39 is 11.9 Å². The molecule has 5 nitrogen and oxygen atoms in total. The summed E-state index contributed by atoms with van der Waals surface area (Å²) in [5, 5.41) is 3.14. The molecule has 3 rings (SSSR count). The number of aromatic nitrogens is 2. The topological polar surface area (TPSA) is 55.6 Å². The number of ether oxygens (including phenoxy) is 1. The molecule has 0 aliphatic rings. The van der Waals surface area contributed by atoms with Crippen molar-refractivity contribution in [1.29, 1.82) is 0 Å². The van der Waals surface area contributed by atoms with Gasteiger partial charge >= 0.3 is 12.1 Å². The van der Waals surface area contributed by atoms with Crippen LogP contribution in [0.1, 0.15) is 56.0 Å². The number of carbonyl (C=O) groups excluding carboxylic acids is 1. The van der Waals surface area contributed by atoms with Crippen molar-refractivity contribution in [3.8, 4) is 0 Å². The van der Waals surface area contributed by atoms with Crippen molar-refractivity contribution >= 4 is 11.6 Å². The molecule has 0 aliphatic carbocycles. The first-order valence-corrected chi connectivity index (χ1v) is 10.7. The smallest absolute Gasteiger partial charge is 0.435 e. The third kappa shape index (κ3) is 6.32. The Balaban J connectivity index is 1.64. The molecule has 0 spiro atoms. The number of pyridine rings is 1. The maximum Gasteiger partial charge on any atom is 0.435 e. The Hall–Kier alpha value is -2.87. The molecule has 3 aromatic rings. The average molecular weight is 448 g/mol. The van der Waals surface area contributed by atoms with Gasteiger partial charge in [-0.3, -0.25) is 4.79 Å². The van der Waals surface area contributed by atoms with Crippen LogP contribution in [0.15, 0.2) is 54.7 Å². The maximum absolute atomic E-state index is 13.5. The van der Waals surface area contributed by atoms with Gasteiger partial charge in [-0.2, -0.15) is 13.2 Å². The SMILES string of the molecule is CC(C)OC(=O)CCC(CCNCc1c(C(F)(F)F)nc2ccccn12)c1ccccc1. The number of imidazole rings is 1. The molecule has 0 aliphatic heterocycles. The van der Waals surface area contributed by atoms with Crippen LogP contribution in [-0.2, 0) is 22.3 Å². The number of nitrogens with zero attached hydrogens (tertiary/aromatic N) is 2. The normalized spacial score (nSPS) is 12.9. The fourth-order valence-electron chi connectivity index (χ4n) is 3.74. The summed E-state index contributed by atoms with van der Waals surface area (Å²) in [6.07, 6.45) is -1.51. The van der Waals surface area contributed by atoms with E-state index in [1.165, 1.54) is 4.40 Å². The van der Waals surface area contributed by atoms with E-state index in [1.807, 2.05) is 44.2 Å². The molecule has 0 fully saturated rings. The van der Waals surface area contributed by atoms with Crippen molar-refractivity contribution in [2.45, 2.75) is 57.9 Å². The van der Waals surface area contributed by atoms with E-state index in [-0.39, 0.29) is 35.9 Å². The van der Waals surface area contributed by atoms with Crippen LogP contribution in [-0.4, -0.2) is 28.0 Å². The Kier molecular flexibility index (Phi) is 7.90. The quantitative estimate of drug-likeness (QED) is 0.336.